The van der Waals surface area contributed by atoms with E-state index in [9.17, 15) is 18.0 Å². The summed E-state index contributed by atoms with van der Waals surface area (Å²) in [4.78, 5) is 23.9. The van der Waals surface area contributed by atoms with Crippen LogP contribution in [-0.4, -0.2) is 32.6 Å². The van der Waals surface area contributed by atoms with Gasteiger partial charge in [-0.05, 0) is 88.7 Å². The van der Waals surface area contributed by atoms with E-state index in [1.807, 2.05) is 30.3 Å². The van der Waals surface area contributed by atoms with Crippen molar-refractivity contribution in [1.29, 1.82) is 0 Å². The fourth-order valence-corrected chi connectivity index (χ4v) is 4.50. The van der Waals surface area contributed by atoms with Crippen LogP contribution in [0, 0.1) is 3.57 Å². The third kappa shape index (κ3) is 7.75. The van der Waals surface area contributed by atoms with Gasteiger partial charge < -0.3 is 4.74 Å². The topological polar surface area (TPSA) is 114 Å². The summed E-state index contributed by atoms with van der Waals surface area (Å²) in [6.07, 6.45) is 1.55. The number of amides is 1. The Hall–Kier alpha value is -3.09. The fraction of sp³-hybridized carbons (Fsp3) is 0.125. The van der Waals surface area contributed by atoms with Crippen molar-refractivity contribution < 1.29 is 22.7 Å². The number of halogens is 1. The summed E-state index contributed by atoms with van der Waals surface area (Å²) >= 11 is 2.09. The van der Waals surface area contributed by atoms with Gasteiger partial charge in [0.1, 0.15) is 11.8 Å². The summed E-state index contributed by atoms with van der Waals surface area (Å²) in [7, 11) is -3.94. The van der Waals surface area contributed by atoms with Gasteiger partial charge in [-0.2, -0.15) is 9.82 Å². The molecule has 0 heterocycles. The van der Waals surface area contributed by atoms with Crippen molar-refractivity contribution >= 4 is 50.7 Å². The molecule has 3 aromatic carbocycles. The Labute approximate surface area is 211 Å². The van der Waals surface area contributed by atoms with Crippen LogP contribution in [0.5, 0.6) is 5.75 Å². The predicted molar refractivity (Wildman–Crippen MR) is 137 cm³/mol. The van der Waals surface area contributed by atoms with Crippen LogP contribution >= 0.6 is 22.6 Å². The number of nitrogens with one attached hydrogen (secondary N) is 2. The Balaban J connectivity index is 1.73. The third-order valence-electron chi connectivity index (χ3n) is 4.55. The van der Waals surface area contributed by atoms with E-state index in [1.54, 1.807) is 36.4 Å². The molecule has 0 aromatic heterocycles. The van der Waals surface area contributed by atoms with E-state index in [4.69, 9.17) is 4.74 Å². The molecule has 1 atom stereocenters. The lowest BCUT2D eigenvalue weighted by Crippen LogP contribution is -2.46. The summed E-state index contributed by atoms with van der Waals surface area (Å²) < 4.78 is 34.1. The lowest BCUT2D eigenvalue weighted by atomic mass is 10.1. The molecule has 0 aliphatic carbocycles. The van der Waals surface area contributed by atoms with Gasteiger partial charge in [-0.15, -0.1) is 0 Å². The molecule has 34 heavy (non-hydrogen) atoms. The van der Waals surface area contributed by atoms with Crippen LogP contribution in [0.25, 0.3) is 0 Å². The summed E-state index contributed by atoms with van der Waals surface area (Å²) in [5.41, 5.74) is 3.84. The monoisotopic (exact) mass is 591 g/mol. The van der Waals surface area contributed by atoms with Gasteiger partial charge in [-0.25, -0.2) is 13.8 Å². The quantitative estimate of drug-likeness (QED) is 0.130. The van der Waals surface area contributed by atoms with Crippen LogP contribution in [0.4, 0.5) is 0 Å². The van der Waals surface area contributed by atoms with Crippen molar-refractivity contribution in [3.05, 3.63) is 93.6 Å². The van der Waals surface area contributed by atoms with E-state index in [0.29, 0.717) is 11.3 Å². The normalized spacial score (nSPS) is 12.3. The maximum absolute atomic E-state index is 12.9. The molecule has 0 bridgehead atoms. The van der Waals surface area contributed by atoms with Gasteiger partial charge in [0.05, 0.1) is 11.1 Å². The van der Waals surface area contributed by atoms with Crippen molar-refractivity contribution in [1.82, 2.24) is 10.1 Å². The Morgan fingerprint density at radius 2 is 1.65 bits per heavy atom. The Bertz CT molecular complexity index is 1260. The van der Waals surface area contributed by atoms with Gasteiger partial charge in [0, 0.05) is 10.5 Å². The first-order valence-electron chi connectivity index (χ1n) is 10.2. The fourth-order valence-electron chi connectivity index (χ4n) is 2.94. The molecule has 0 radical (unpaired) electrons. The number of benzene rings is 3. The molecule has 0 aliphatic rings. The molecule has 0 spiro atoms. The van der Waals surface area contributed by atoms with Crippen molar-refractivity contribution in [2.75, 3.05) is 0 Å². The second kappa shape index (κ2) is 11.9. The van der Waals surface area contributed by atoms with Gasteiger partial charge in [-0.3, -0.25) is 9.59 Å². The Kier molecular flexibility index (Phi) is 8.91. The van der Waals surface area contributed by atoms with Gasteiger partial charge in [0.2, 0.25) is 10.0 Å². The highest BCUT2D eigenvalue weighted by atomic mass is 127. The van der Waals surface area contributed by atoms with Gasteiger partial charge in [0.15, 0.2) is 0 Å². The first kappa shape index (κ1) is 25.5. The lowest BCUT2D eigenvalue weighted by Gasteiger charge is -2.17. The average Bonchev–Trinajstić information content (AvgIpc) is 2.80. The van der Waals surface area contributed by atoms with Crippen molar-refractivity contribution in [2.45, 2.75) is 24.3 Å². The molecular formula is C24H22IN3O5S. The minimum atomic E-state index is -3.94. The van der Waals surface area contributed by atoms with E-state index >= 15 is 0 Å². The summed E-state index contributed by atoms with van der Waals surface area (Å²) in [5.74, 6) is -0.641. The van der Waals surface area contributed by atoms with Gasteiger partial charge in [0.25, 0.3) is 5.91 Å². The number of carbonyl (C=O) groups excluding carboxylic acids is 2. The molecule has 0 aliphatic heterocycles. The molecule has 2 N–H and O–H groups in total. The van der Waals surface area contributed by atoms with Crippen LogP contribution in [0.15, 0.2) is 88.9 Å². The van der Waals surface area contributed by atoms with Crippen LogP contribution in [0.3, 0.4) is 0 Å². The SMILES string of the molecule is CC(=O)Oc1ccc(/C=N\NC(=O)[C@@H](Cc2ccccc2)NS(=O)(=O)c2ccc(I)cc2)cc1. The average molecular weight is 591 g/mol. The van der Waals surface area contributed by atoms with E-state index in [1.165, 1.54) is 25.3 Å². The molecule has 10 heteroatoms. The van der Waals surface area contributed by atoms with Crippen molar-refractivity contribution in [3.8, 4) is 5.75 Å². The molecule has 8 nitrogen and oxygen atoms in total. The number of ether oxygens (including phenoxy) is 1. The number of hydrogen-bond donors (Lipinski definition) is 2. The lowest BCUT2D eigenvalue weighted by molar-refractivity contribution is -0.131. The zero-order valence-corrected chi connectivity index (χ0v) is 21.1. The molecule has 0 unspecified atom stereocenters. The molecule has 0 fully saturated rings. The second-order valence-corrected chi connectivity index (χ2v) is 10.2. The van der Waals surface area contributed by atoms with Gasteiger partial charge >= 0.3 is 5.97 Å². The molecule has 3 aromatic rings. The minimum Gasteiger partial charge on any atom is -0.427 e. The van der Waals surface area contributed by atoms with Crippen LogP contribution in [0.1, 0.15) is 18.1 Å². The second-order valence-electron chi connectivity index (χ2n) is 7.21. The zero-order valence-electron chi connectivity index (χ0n) is 18.1. The van der Waals surface area contributed by atoms with E-state index in [0.717, 1.165) is 9.13 Å². The van der Waals surface area contributed by atoms with Crippen molar-refractivity contribution in [3.63, 3.8) is 0 Å². The first-order chi connectivity index (χ1) is 16.2. The number of rotatable bonds is 9. The maximum atomic E-state index is 12.9. The van der Waals surface area contributed by atoms with Crippen molar-refractivity contribution in [2.24, 2.45) is 5.10 Å². The number of hydrazone groups is 1. The number of hydrogen-bond acceptors (Lipinski definition) is 6. The number of nitrogens with zero attached hydrogens (tertiary/aromatic N) is 1. The van der Waals surface area contributed by atoms with Crippen LogP contribution < -0.4 is 14.9 Å². The smallest absolute Gasteiger partial charge is 0.308 e. The number of esters is 1. The van der Waals surface area contributed by atoms with E-state index in [2.05, 4.69) is 37.8 Å². The standard InChI is InChI=1S/C24H22IN3O5S/c1-17(29)33-21-11-7-19(8-12-21)16-26-27-24(30)23(15-18-5-3-2-4-6-18)28-34(31,32)22-13-9-20(25)10-14-22/h2-14,16,23,28H,15H2,1H3,(H,27,30)/b26-16-/t23-/m1/s1. The first-order valence-corrected chi connectivity index (χ1v) is 12.7. The third-order valence-corrected chi connectivity index (χ3v) is 6.76. The van der Waals surface area contributed by atoms with Gasteiger partial charge in [-0.1, -0.05) is 30.3 Å². The zero-order chi connectivity index (χ0) is 24.6. The molecule has 0 saturated carbocycles. The summed E-state index contributed by atoms with van der Waals surface area (Å²) in [6.45, 7) is 1.31. The number of sulfonamides is 1. The predicted octanol–water partition coefficient (Wildman–Crippen LogP) is 3.26. The highest BCUT2D eigenvalue weighted by Crippen LogP contribution is 2.14. The minimum absolute atomic E-state index is 0.0650. The Morgan fingerprint density at radius 1 is 1.00 bits per heavy atom. The summed E-state index contributed by atoms with van der Waals surface area (Å²) in [6, 6.07) is 20.8. The highest BCUT2D eigenvalue weighted by molar-refractivity contribution is 14.1. The molecule has 176 valence electrons. The van der Waals surface area contributed by atoms with Crippen LogP contribution in [0.2, 0.25) is 0 Å². The molecule has 0 saturated heterocycles. The highest BCUT2D eigenvalue weighted by Gasteiger charge is 2.26. The Morgan fingerprint density at radius 3 is 2.26 bits per heavy atom. The maximum Gasteiger partial charge on any atom is 0.308 e. The number of carbonyl (C=O) groups is 2. The largest absolute Gasteiger partial charge is 0.427 e. The van der Waals surface area contributed by atoms with Crippen LogP contribution in [-0.2, 0) is 26.0 Å². The van der Waals surface area contributed by atoms with E-state index in [-0.39, 0.29) is 11.3 Å². The molecular weight excluding hydrogens is 569 g/mol. The summed E-state index contributed by atoms with van der Waals surface area (Å²) in [5, 5.41) is 3.94. The van der Waals surface area contributed by atoms with E-state index < -0.39 is 27.9 Å². The molecule has 3 rings (SSSR count). The molecule has 1 amide bonds.